The summed E-state index contributed by atoms with van der Waals surface area (Å²) in [4.78, 5) is 9.82. The summed E-state index contributed by atoms with van der Waals surface area (Å²) in [6, 6.07) is 9.08. The number of ether oxygens (including phenoxy) is 2. The Hall–Kier alpha value is -0.710. The number of hydrogen-bond donors (Lipinski definition) is 0. The van der Waals surface area contributed by atoms with Crippen LogP contribution in [0.2, 0.25) is 0 Å². The van der Waals surface area contributed by atoms with Crippen LogP contribution in [0.3, 0.4) is 0 Å². The van der Waals surface area contributed by atoms with Crippen LogP contribution in [0, 0.1) is 0 Å². The van der Waals surface area contributed by atoms with Crippen molar-refractivity contribution in [3.63, 3.8) is 0 Å². The minimum atomic E-state index is -1.53. The van der Waals surface area contributed by atoms with Crippen molar-refractivity contribution < 1.29 is 48.9 Å². The van der Waals surface area contributed by atoms with Gasteiger partial charge in [-0.15, -0.1) is 0 Å². The summed E-state index contributed by atoms with van der Waals surface area (Å²) in [5.41, 5.74) is 0. The molecule has 0 N–H and O–H groups in total. The SMILES string of the molecule is O=C([O-])OCCOc1ccccc1.[Na+]. The first-order chi connectivity index (χ1) is 6.29. The van der Waals surface area contributed by atoms with E-state index in [1.54, 1.807) is 12.1 Å². The van der Waals surface area contributed by atoms with Crippen LogP contribution in [0.5, 0.6) is 5.75 Å². The summed E-state index contributed by atoms with van der Waals surface area (Å²) in [5.74, 6) is 0.685. The molecule has 1 aromatic carbocycles. The maximum absolute atomic E-state index is 9.82. The quantitative estimate of drug-likeness (QED) is 0.307. The Labute approximate surface area is 104 Å². The minimum Gasteiger partial charge on any atom is -0.546 e. The van der Waals surface area contributed by atoms with Crippen molar-refractivity contribution in [2.45, 2.75) is 0 Å². The molecule has 70 valence electrons. The van der Waals surface area contributed by atoms with E-state index < -0.39 is 6.16 Å². The van der Waals surface area contributed by atoms with Gasteiger partial charge in [-0.25, -0.2) is 0 Å². The van der Waals surface area contributed by atoms with E-state index in [9.17, 15) is 9.90 Å². The molecule has 0 saturated carbocycles. The van der Waals surface area contributed by atoms with E-state index in [4.69, 9.17) is 4.74 Å². The van der Waals surface area contributed by atoms with Gasteiger partial charge in [-0.3, -0.25) is 0 Å². The molecular formula is C9H9NaO4. The van der Waals surface area contributed by atoms with Crippen LogP contribution in [0.1, 0.15) is 0 Å². The maximum atomic E-state index is 9.82. The average Bonchev–Trinajstić information content (AvgIpc) is 2.14. The molecule has 0 bridgehead atoms. The van der Waals surface area contributed by atoms with E-state index in [0.717, 1.165) is 0 Å². The average molecular weight is 204 g/mol. The summed E-state index contributed by atoms with van der Waals surface area (Å²) in [6.45, 7) is 0.176. The van der Waals surface area contributed by atoms with Crippen molar-refractivity contribution in [1.82, 2.24) is 0 Å². The number of carboxylic acid groups (broad SMARTS) is 1. The van der Waals surface area contributed by atoms with E-state index in [-0.39, 0.29) is 42.8 Å². The molecule has 0 atom stereocenters. The van der Waals surface area contributed by atoms with Gasteiger partial charge in [0.1, 0.15) is 12.4 Å². The van der Waals surface area contributed by atoms with Gasteiger partial charge in [0.2, 0.25) is 0 Å². The Morgan fingerprint density at radius 3 is 2.43 bits per heavy atom. The Morgan fingerprint density at radius 2 is 1.86 bits per heavy atom. The number of benzene rings is 1. The zero-order valence-corrected chi connectivity index (χ0v) is 9.93. The predicted molar refractivity (Wildman–Crippen MR) is 43.3 cm³/mol. The van der Waals surface area contributed by atoms with E-state index in [1.807, 2.05) is 18.2 Å². The fourth-order valence-corrected chi connectivity index (χ4v) is 0.801. The molecule has 4 nitrogen and oxygen atoms in total. The number of carbonyl (C=O) groups is 1. The van der Waals surface area contributed by atoms with Crippen molar-refractivity contribution in [1.29, 1.82) is 0 Å². The fourth-order valence-electron chi connectivity index (χ4n) is 0.801. The second kappa shape index (κ2) is 7.67. The number of para-hydroxylation sites is 1. The topological polar surface area (TPSA) is 58.6 Å². The zero-order valence-electron chi connectivity index (χ0n) is 7.93. The van der Waals surface area contributed by atoms with E-state index in [1.165, 1.54) is 0 Å². The third kappa shape index (κ3) is 5.85. The molecule has 0 radical (unpaired) electrons. The van der Waals surface area contributed by atoms with Crippen molar-refractivity contribution in [2.75, 3.05) is 13.2 Å². The van der Waals surface area contributed by atoms with Crippen molar-refractivity contribution in [2.24, 2.45) is 0 Å². The van der Waals surface area contributed by atoms with Crippen molar-refractivity contribution >= 4 is 6.16 Å². The Balaban J connectivity index is 0.00000169. The zero-order chi connectivity index (χ0) is 9.52. The molecule has 0 aliphatic rings. The monoisotopic (exact) mass is 204 g/mol. The van der Waals surface area contributed by atoms with Crippen molar-refractivity contribution in [3.8, 4) is 5.75 Å². The van der Waals surface area contributed by atoms with Gasteiger partial charge in [-0.2, -0.15) is 0 Å². The van der Waals surface area contributed by atoms with Crippen LogP contribution in [-0.4, -0.2) is 19.4 Å². The number of hydrogen-bond acceptors (Lipinski definition) is 4. The first-order valence-corrected chi connectivity index (χ1v) is 3.80. The van der Waals surface area contributed by atoms with E-state index in [2.05, 4.69) is 4.74 Å². The van der Waals surface area contributed by atoms with Gasteiger partial charge in [-0.05, 0) is 12.1 Å². The molecule has 0 fully saturated rings. The molecule has 1 aromatic rings. The second-order valence-corrected chi connectivity index (χ2v) is 2.26. The largest absolute Gasteiger partial charge is 1.00 e. The van der Waals surface area contributed by atoms with Gasteiger partial charge in [0.15, 0.2) is 0 Å². The summed E-state index contributed by atoms with van der Waals surface area (Å²) in [7, 11) is 0. The third-order valence-electron chi connectivity index (χ3n) is 1.32. The fraction of sp³-hybridized carbons (Fsp3) is 0.222. The normalized spacial score (nSPS) is 8.57. The Kier molecular flexibility index (Phi) is 7.28. The van der Waals surface area contributed by atoms with Crippen LogP contribution in [0.25, 0.3) is 0 Å². The van der Waals surface area contributed by atoms with Crippen LogP contribution in [0.15, 0.2) is 30.3 Å². The molecule has 0 aromatic heterocycles. The molecule has 5 heteroatoms. The van der Waals surface area contributed by atoms with Crippen LogP contribution >= 0.6 is 0 Å². The molecule has 0 unspecified atom stereocenters. The first kappa shape index (κ1) is 13.3. The standard InChI is InChI=1S/C9H10O4.Na/c10-9(11)13-7-6-12-8-4-2-1-3-5-8;/h1-5H,6-7H2,(H,10,11);/q;+1/p-1. The molecule has 0 spiro atoms. The van der Waals surface area contributed by atoms with Crippen molar-refractivity contribution in [3.05, 3.63) is 30.3 Å². The molecule has 14 heavy (non-hydrogen) atoms. The van der Waals surface area contributed by atoms with E-state index >= 15 is 0 Å². The van der Waals surface area contributed by atoms with Gasteiger partial charge in [0.25, 0.3) is 6.16 Å². The predicted octanol–water partition coefficient (Wildman–Crippen LogP) is -2.57. The van der Waals surface area contributed by atoms with Gasteiger partial charge in [0.05, 0.1) is 6.61 Å². The maximum Gasteiger partial charge on any atom is 1.00 e. The minimum absolute atomic E-state index is 0. The molecular weight excluding hydrogens is 195 g/mol. The molecule has 0 aliphatic carbocycles. The Morgan fingerprint density at radius 1 is 1.21 bits per heavy atom. The Bertz CT molecular complexity index is 263. The van der Waals surface area contributed by atoms with E-state index in [0.29, 0.717) is 5.75 Å². The molecule has 0 heterocycles. The van der Waals surface area contributed by atoms with Crippen LogP contribution < -0.4 is 39.4 Å². The van der Waals surface area contributed by atoms with Gasteiger partial charge in [0, 0.05) is 0 Å². The van der Waals surface area contributed by atoms with Gasteiger partial charge in [-0.1, -0.05) is 18.2 Å². The summed E-state index contributed by atoms with van der Waals surface area (Å²) in [5, 5.41) is 9.82. The number of carbonyl (C=O) groups excluding carboxylic acids is 1. The van der Waals surface area contributed by atoms with Crippen LogP contribution in [-0.2, 0) is 4.74 Å². The molecule has 0 saturated heterocycles. The summed E-state index contributed by atoms with van der Waals surface area (Å²) >= 11 is 0. The molecule has 1 rings (SSSR count). The number of rotatable bonds is 4. The molecule has 0 amide bonds. The van der Waals surface area contributed by atoms with Crippen LogP contribution in [0.4, 0.5) is 4.79 Å². The van der Waals surface area contributed by atoms with Gasteiger partial charge < -0.3 is 19.4 Å². The van der Waals surface area contributed by atoms with Gasteiger partial charge >= 0.3 is 29.6 Å². The summed E-state index contributed by atoms with van der Waals surface area (Å²) in [6.07, 6.45) is -1.53. The second-order valence-electron chi connectivity index (χ2n) is 2.26. The first-order valence-electron chi connectivity index (χ1n) is 3.80. The molecule has 0 aliphatic heterocycles. The summed E-state index contributed by atoms with van der Waals surface area (Å²) < 4.78 is 9.28. The third-order valence-corrected chi connectivity index (χ3v) is 1.32. The smallest absolute Gasteiger partial charge is 0.546 e.